The van der Waals surface area contributed by atoms with E-state index in [4.69, 9.17) is 0 Å². The lowest BCUT2D eigenvalue weighted by Crippen LogP contribution is -1.97. The van der Waals surface area contributed by atoms with Gasteiger partial charge in [-0.3, -0.25) is 4.79 Å². The van der Waals surface area contributed by atoms with E-state index >= 15 is 0 Å². The quantitative estimate of drug-likeness (QED) is 0.697. The Kier molecular flexibility index (Phi) is 3.51. The van der Waals surface area contributed by atoms with Gasteiger partial charge in [0.25, 0.3) is 0 Å². The summed E-state index contributed by atoms with van der Waals surface area (Å²) in [6.07, 6.45) is 1.00. The molecule has 0 saturated heterocycles. The van der Waals surface area contributed by atoms with Crippen molar-refractivity contribution in [1.29, 1.82) is 0 Å². The zero-order valence-corrected chi connectivity index (χ0v) is 11.5. The van der Waals surface area contributed by atoms with Crippen molar-refractivity contribution in [2.45, 2.75) is 39.5 Å². The largest absolute Gasteiger partial charge is 0.298 e. The van der Waals surface area contributed by atoms with E-state index in [0.29, 0.717) is 11.8 Å². The molecular weight excluding hydrogens is 220 g/mol. The maximum absolute atomic E-state index is 11.4. The first-order chi connectivity index (χ1) is 8.54. The maximum atomic E-state index is 11.4. The second kappa shape index (κ2) is 4.93. The lowest BCUT2D eigenvalue weighted by molar-refractivity contribution is 0.112. The van der Waals surface area contributed by atoms with Crippen LogP contribution in [0.4, 0.5) is 0 Å². The zero-order valence-electron chi connectivity index (χ0n) is 11.5. The summed E-state index contributed by atoms with van der Waals surface area (Å²) in [4.78, 5) is 11.4. The molecule has 0 aliphatic carbocycles. The number of hydrogen-bond donors (Lipinski definition) is 0. The van der Waals surface area contributed by atoms with E-state index in [0.717, 1.165) is 28.2 Å². The zero-order chi connectivity index (χ0) is 13.3. The number of rotatable bonds is 3. The van der Waals surface area contributed by atoms with Crippen LogP contribution in [0.2, 0.25) is 0 Å². The van der Waals surface area contributed by atoms with Crippen molar-refractivity contribution in [2.75, 3.05) is 0 Å². The molecule has 0 fully saturated rings. The molecule has 0 atom stereocenters. The monoisotopic (exact) mass is 240 g/mol. The third kappa shape index (κ3) is 2.17. The third-order valence-corrected chi connectivity index (χ3v) is 3.53. The van der Waals surface area contributed by atoms with E-state index in [9.17, 15) is 4.79 Å². The predicted octanol–water partition coefficient (Wildman–Crippen LogP) is 4.90. The Morgan fingerprint density at radius 3 is 2.17 bits per heavy atom. The first kappa shape index (κ1) is 12.8. The molecule has 0 radical (unpaired) electrons. The lowest BCUT2D eigenvalue weighted by atomic mass is 9.90. The van der Waals surface area contributed by atoms with Gasteiger partial charge in [0, 0.05) is 5.56 Å². The van der Waals surface area contributed by atoms with Gasteiger partial charge in [-0.1, -0.05) is 58.0 Å². The molecule has 0 amide bonds. The Balaban J connectivity index is 2.76. The summed E-state index contributed by atoms with van der Waals surface area (Å²) in [6, 6.07) is 10.6. The SMILES string of the molecule is CC(C)c1ccc2ccc(C(C)C)c(C=O)c2c1. The molecule has 0 aromatic heterocycles. The minimum absolute atomic E-state index is 0.373. The summed E-state index contributed by atoms with van der Waals surface area (Å²) < 4.78 is 0. The highest BCUT2D eigenvalue weighted by Gasteiger charge is 2.11. The number of carbonyl (C=O) groups excluding carboxylic acids is 1. The molecular formula is C17H20O. The lowest BCUT2D eigenvalue weighted by Gasteiger charge is -2.13. The summed E-state index contributed by atoms with van der Waals surface area (Å²) >= 11 is 0. The molecule has 2 rings (SSSR count). The van der Waals surface area contributed by atoms with Crippen LogP contribution in [0.25, 0.3) is 10.8 Å². The van der Waals surface area contributed by atoms with Crippen molar-refractivity contribution in [3.8, 4) is 0 Å². The van der Waals surface area contributed by atoms with Crippen molar-refractivity contribution >= 4 is 17.1 Å². The smallest absolute Gasteiger partial charge is 0.150 e. The Labute approximate surface area is 109 Å². The number of fused-ring (bicyclic) bond motifs is 1. The van der Waals surface area contributed by atoms with Crippen LogP contribution in [-0.2, 0) is 0 Å². The van der Waals surface area contributed by atoms with E-state index in [1.165, 1.54) is 5.56 Å². The maximum Gasteiger partial charge on any atom is 0.150 e. The van der Waals surface area contributed by atoms with Crippen LogP contribution in [0, 0.1) is 0 Å². The van der Waals surface area contributed by atoms with E-state index < -0.39 is 0 Å². The molecule has 0 heterocycles. The molecule has 2 aromatic rings. The van der Waals surface area contributed by atoms with Crippen LogP contribution in [0.3, 0.4) is 0 Å². The van der Waals surface area contributed by atoms with Gasteiger partial charge in [0.15, 0.2) is 6.29 Å². The van der Waals surface area contributed by atoms with E-state index in [1.54, 1.807) is 0 Å². The summed E-state index contributed by atoms with van der Waals surface area (Å²) in [5, 5.41) is 2.23. The normalized spacial score (nSPS) is 11.4. The van der Waals surface area contributed by atoms with Crippen LogP contribution < -0.4 is 0 Å². The summed E-state index contributed by atoms with van der Waals surface area (Å²) in [5.41, 5.74) is 3.27. The molecule has 1 heteroatoms. The molecule has 0 aliphatic rings. The molecule has 0 spiro atoms. The number of benzene rings is 2. The van der Waals surface area contributed by atoms with Crippen molar-refractivity contribution in [3.63, 3.8) is 0 Å². The molecule has 1 nitrogen and oxygen atoms in total. The Hall–Kier alpha value is -1.63. The Morgan fingerprint density at radius 1 is 0.944 bits per heavy atom. The van der Waals surface area contributed by atoms with Gasteiger partial charge in [0.1, 0.15) is 0 Å². The van der Waals surface area contributed by atoms with Crippen molar-refractivity contribution in [3.05, 3.63) is 47.0 Å². The van der Waals surface area contributed by atoms with Crippen LogP contribution >= 0.6 is 0 Å². The first-order valence-corrected chi connectivity index (χ1v) is 6.56. The first-order valence-electron chi connectivity index (χ1n) is 6.56. The standard InChI is InChI=1S/C17H20O/c1-11(2)14-6-5-13-7-8-15(12(3)4)17(10-18)16(13)9-14/h5-12H,1-4H3. The van der Waals surface area contributed by atoms with Crippen LogP contribution in [0.15, 0.2) is 30.3 Å². The van der Waals surface area contributed by atoms with Crippen molar-refractivity contribution in [2.24, 2.45) is 0 Å². The summed E-state index contributed by atoms with van der Waals surface area (Å²) in [5.74, 6) is 0.855. The molecule has 18 heavy (non-hydrogen) atoms. The van der Waals surface area contributed by atoms with Gasteiger partial charge in [-0.2, -0.15) is 0 Å². The van der Waals surface area contributed by atoms with Crippen LogP contribution in [0.1, 0.15) is 61.0 Å². The second-order valence-corrected chi connectivity index (χ2v) is 5.48. The Bertz CT molecular complexity index is 574. The van der Waals surface area contributed by atoms with Gasteiger partial charge in [-0.05, 0) is 33.7 Å². The number of carbonyl (C=O) groups is 1. The van der Waals surface area contributed by atoms with Gasteiger partial charge in [0.2, 0.25) is 0 Å². The van der Waals surface area contributed by atoms with Crippen molar-refractivity contribution < 1.29 is 4.79 Å². The molecule has 2 aromatic carbocycles. The van der Waals surface area contributed by atoms with E-state index in [1.807, 2.05) is 0 Å². The molecule has 0 unspecified atom stereocenters. The van der Waals surface area contributed by atoms with Gasteiger partial charge >= 0.3 is 0 Å². The molecule has 0 bridgehead atoms. The fraction of sp³-hybridized carbons (Fsp3) is 0.353. The molecule has 94 valence electrons. The van der Waals surface area contributed by atoms with Crippen molar-refractivity contribution in [1.82, 2.24) is 0 Å². The van der Waals surface area contributed by atoms with Gasteiger partial charge in [-0.25, -0.2) is 0 Å². The van der Waals surface area contributed by atoms with E-state index in [2.05, 4.69) is 58.0 Å². The number of aldehydes is 1. The second-order valence-electron chi connectivity index (χ2n) is 5.48. The predicted molar refractivity (Wildman–Crippen MR) is 77.5 cm³/mol. The Morgan fingerprint density at radius 2 is 1.61 bits per heavy atom. The molecule has 0 N–H and O–H groups in total. The third-order valence-electron chi connectivity index (χ3n) is 3.53. The highest BCUT2D eigenvalue weighted by molar-refractivity contribution is 6.00. The van der Waals surface area contributed by atoms with Crippen LogP contribution in [-0.4, -0.2) is 6.29 Å². The van der Waals surface area contributed by atoms with Crippen LogP contribution in [0.5, 0.6) is 0 Å². The summed E-state index contributed by atoms with van der Waals surface area (Å²) in [7, 11) is 0. The minimum atomic E-state index is 0.373. The fourth-order valence-electron chi connectivity index (χ4n) is 2.37. The topological polar surface area (TPSA) is 17.1 Å². The highest BCUT2D eigenvalue weighted by atomic mass is 16.1. The average molecular weight is 240 g/mol. The fourth-order valence-corrected chi connectivity index (χ4v) is 2.37. The van der Waals surface area contributed by atoms with Gasteiger partial charge in [0.05, 0.1) is 0 Å². The van der Waals surface area contributed by atoms with Gasteiger partial charge < -0.3 is 0 Å². The molecule has 0 saturated carbocycles. The molecule has 0 aliphatic heterocycles. The van der Waals surface area contributed by atoms with E-state index in [-0.39, 0.29) is 0 Å². The van der Waals surface area contributed by atoms with Gasteiger partial charge in [-0.15, -0.1) is 0 Å². The average Bonchev–Trinajstić information content (AvgIpc) is 2.36. The number of hydrogen-bond acceptors (Lipinski definition) is 1. The highest BCUT2D eigenvalue weighted by Crippen LogP contribution is 2.29. The summed E-state index contributed by atoms with van der Waals surface area (Å²) in [6.45, 7) is 8.60. The minimum Gasteiger partial charge on any atom is -0.298 e.